The topological polar surface area (TPSA) is 66.4 Å². The van der Waals surface area contributed by atoms with Crippen LogP contribution in [0.5, 0.6) is 0 Å². The van der Waals surface area contributed by atoms with Crippen LogP contribution in [0.3, 0.4) is 0 Å². The summed E-state index contributed by atoms with van der Waals surface area (Å²) in [4.78, 5) is 22.7. The Morgan fingerprint density at radius 1 is 1.24 bits per heavy atom. The van der Waals surface area contributed by atoms with Gasteiger partial charge in [0.25, 0.3) is 5.91 Å². The van der Waals surface area contributed by atoms with Crippen molar-refractivity contribution in [1.29, 1.82) is 0 Å². The van der Waals surface area contributed by atoms with Crippen LogP contribution in [0.15, 0.2) is 24.3 Å². The molecule has 1 aromatic carbocycles. The molecule has 0 aliphatic rings. The fraction of sp³-hybridized carbons (Fsp3) is 0.385. The van der Waals surface area contributed by atoms with Crippen LogP contribution in [0.4, 0.5) is 0 Å². The van der Waals surface area contributed by atoms with Crippen LogP contribution < -0.4 is 5.32 Å². The second-order valence-electron chi connectivity index (χ2n) is 4.13. The molecule has 0 aliphatic heterocycles. The molecule has 0 heterocycles. The molecule has 1 rings (SSSR count). The van der Waals surface area contributed by atoms with Crippen molar-refractivity contribution in [3.05, 3.63) is 35.4 Å². The molecule has 0 fully saturated rings. The Bertz CT molecular complexity index is 398. The molecule has 1 aromatic rings. The van der Waals surface area contributed by atoms with Crippen molar-refractivity contribution < 1.29 is 14.7 Å². The minimum absolute atomic E-state index is 0.0224. The minimum atomic E-state index is -0.194. The highest BCUT2D eigenvalue weighted by molar-refractivity contribution is 5.97. The number of Topliss-reactive ketones (excluding diaryl/α,β-unsaturated/α-hetero) is 1. The zero-order valence-electron chi connectivity index (χ0n) is 10.1. The van der Waals surface area contributed by atoms with Crippen LogP contribution in [-0.4, -0.2) is 29.9 Å². The van der Waals surface area contributed by atoms with E-state index < -0.39 is 0 Å². The van der Waals surface area contributed by atoms with Gasteiger partial charge in [0.15, 0.2) is 5.78 Å². The normalized spacial score (nSPS) is 11.9. The van der Waals surface area contributed by atoms with Gasteiger partial charge < -0.3 is 10.4 Å². The molecule has 0 radical (unpaired) electrons. The average Bonchev–Trinajstić information content (AvgIpc) is 2.35. The van der Waals surface area contributed by atoms with Gasteiger partial charge >= 0.3 is 0 Å². The maximum atomic E-state index is 11.7. The summed E-state index contributed by atoms with van der Waals surface area (Å²) in [6.07, 6.45) is 0. The van der Waals surface area contributed by atoms with Crippen LogP contribution in [0.2, 0.25) is 0 Å². The van der Waals surface area contributed by atoms with E-state index in [1.54, 1.807) is 24.3 Å². The third kappa shape index (κ3) is 4.00. The van der Waals surface area contributed by atoms with Gasteiger partial charge in [-0.3, -0.25) is 9.59 Å². The molecule has 0 unspecified atom stereocenters. The van der Waals surface area contributed by atoms with Crippen LogP contribution in [0, 0.1) is 5.92 Å². The zero-order valence-corrected chi connectivity index (χ0v) is 10.1. The van der Waals surface area contributed by atoms with Gasteiger partial charge in [0.05, 0.1) is 0 Å². The van der Waals surface area contributed by atoms with E-state index in [4.69, 9.17) is 5.11 Å². The van der Waals surface area contributed by atoms with Gasteiger partial charge in [-0.2, -0.15) is 0 Å². The van der Waals surface area contributed by atoms with Gasteiger partial charge in [-0.15, -0.1) is 0 Å². The van der Waals surface area contributed by atoms with Crippen molar-refractivity contribution in [3.8, 4) is 0 Å². The van der Waals surface area contributed by atoms with E-state index in [2.05, 4.69) is 5.32 Å². The number of rotatable bonds is 5. The van der Waals surface area contributed by atoms with Gasteiger partial charge in [0.1, 0.15) is 0 Å². The fourth-order valence-corrected chi connectivity index (χ4v) is 1.29. The highest BCUT2D eigenvalue weighted by Crippen LogP contribution is 2.05. The summed E-state index contributed by atoms with van der Waals surface area (Å²) < 4.78 is 0. The van der Waals surface area contributed by atoms with Crippen LogP contribution >= 0.6 is 0 Å². The molecule has 0 bridgehead atoms. The Kier molecular flexibility index (Phi) is 4.84. The Labute approximate surface area is 101 Å². The molecule has 2 N–H and O–H groups in total. The standard InChI is InChI=1S/C13H17NO3/c1-9(8-15)7-14-13(17)12-5-3-11(4-6-12)10(2)16/h3-6,9,15H,7-8H2,1-2H3,(H,14,17)/t9-/m0/s1. The molecule has 0 saturated carbocycles. The predicted octanol–water partition coefficient (Wildman–Crippen LogP) is 1.25. The number of hydrogen-bond acceptors (Lipinski definition) is 3. The molecule has 0 saturated heterocycles. The second-order valence-corrected chi connectivity index (χ2v) is 4.13. The van der Waals surface area contributed by atoms with Gasteiger partial charge in [0, 0.05) is 24.3 Å². The van der Waals surface area contributed by atoms with E-state index in [1.807, 2.05) is 6.92 Å². The number of aliphatic hydroxyl groups is 1. The summed E-state index contributed by atoms with van der Waals surface area (Å²) in [6.45, 7) is 3.81. The minimum Gasteiger partial charge on any atom is -0.396 e. The predicted molar refractivity (Wildman–Crippen MR) is 65.0 cm³/mol. The van der Waals surface area contributed by atoms with E-state index in [1.165, 1.54) is 6.92 Å². The molecule has 0 aromatic heterocycles. The number of ketones is 1. The molecule has 17 heavy (non-hydrogen) atoms. The molecule has 0 spiro atoms. The molecule has 4 heteroatoms. The number of hydrogen-bond donors (Lipinski definition) is 2. The molecule has 4 nitrogen and oxygen atoms in total. The van der Waals surface area contributed by atoms with Crippen molar-refractivity contribution in [2.24, 2.45) is 5.92 Å². The number of carbonyl (C=O) groups excluding carboxylic acids is 2. The van der Waals surface area contributed by atoms with E-state index in [-0.39, 0.29) is 24.2 Å². The van der Waals surface area contributed by atoms with Crippen LogP contribution in [0.25, 0.3) is 0 Å². The summed E-state index contributed by atoms with van der Waals surface area (Å²) in [7, 11) is 0. The first-order valence-corrected chi connectivity index (χ1v) is 5.54. The maximum Gasteiger partial charge on any atom is 0.251 e. The van der Waals surface area contributed by atoms with Gasteiger partial charge in [0.2, 0.25) is 0 Å². The highest BCUT2D eigenvalue weighted by Gasteiger charge is 2.07. The molecule has 92 valence electrons. The fourth-order valence-electron chi connectivity index (χ4n) is 1.29. The molecular weight excluding hydrogens is 218 g/mol. The Hall–Kier alpha value is -1.68. The first-order chi connectivity index (χ1) is 8.04. The Morgan fingerprint density at radius 3 is 2.24 bits per heavy atom. The second kappa shape index (κ2) is 6.15. The van der Waals surface area contributed by atoms with Crippen molar-refractivity contribution in [3.63, 3.8) is 0 Å². The molecule has 1 amide bonds. The average molecular weight is 235 g/mol. The number of amides is 1. The van der Waals surface area contributed by atoms with Gasteiger partial charge in [-0.1, -0.05) is 19.1 Å². The summed E-state index contributed by atoms with van der Waals surface area (Å²) in [5.74, 6) is -0.179. The Morgan fingerprint density at radius 2 is 1.76 bits per heavy atom. The van der Waals surface area contributed by atoms with E-state index >= 15 is 0 Å². The highest BCUT2D eigenvalue weighted by atomic mass is 16.3. The largest absolute Gasteiger partial charge is 0.396 e. The first kappa shape index (κ1) is 13.4. The molecule has 1 atom stereocenters. The van der Waals surface area contributed by atoms with Crippen molar-refractivity contribution in [2.75, 3.05) is 13.2 Å². The third-order valence-corrected chi connectivity index (χ3v) is 2.48. The van der Waals surface area contributed by atoms with E-state index in [0.717, 1.165) is 0 Å². The molecule has 0 aliphatic carbocycles. The number of carbonyl (C=O) groups is 2. The maximum absolute atomic E-state index is 11.7. The van der Waals surface area contributed by atoms with Crippen LogP contribution in [-0.2, 0) is 0 Å². The number of aliphatic hydroxyl groups excluding tert-OH is 1. The number of nitrogens with one attached hydrogen (secondary N) is 1. The van der Waals surface area contributed by atoms with Crippen molar-refractivity contribution >= 4 is 11.7 Å². The van der Waals surface area contributed by atoms with E-state index in [0.29, 0.717) is 17.7 Å². The summed E-state index contributed by atoms with van der Waals surface area (Å²) in [5.41, 5.74) is 1.10. The van der Waals surface area contributed by atoms with Crippen LogP contribution in [0.1, 0.15) is 34.6 Å². The molecular formula is C13H17NO3. The zero-order chi connectivity index (χ0) is 12.8. The van der Waals surface area contributed by atoms with Gasteiger partial charge in [-0.25, -0.2) is 0 Å². The third-order valence-electron chi connectivity index (χ3n) is 2.48. The summed E-state index contributed by atoms with van der Waals surface area (Å²) in [5, 5.41) is 11.5. The Balaban J connectivity index is 2.61. The summed E-state index contributed by atoms with van der Waals surface area (Å²) in [6, 6.07) is 6.50. The lowest BCUT2D eigenvalue weighted by molar-refractivity contribution is 0.0940. The lowest BCUT2D eigenvalue weighted by Gasteiger charge is -2.09. The monoisotopic (exact) mass is 235 g/mol. The van der Waals surface area contributed by atoms with Crippen molar-refractivity contribution in [2.45, 2.75) is 13.8 Å². The smallest absolute Gasteiger partial charge is 0.251 e. The first-order valence-electron chi connectivity index (χ1n) is 5.54. The quantitative estimate of drug-likeness (QED) is 0.755. The van der Waals surface area contributed by atoms with E-state index in [9.17, 15) is 9.59 Å². The number of benzene rings is 1. The lowest BCUT2D eigenvalue weighted by atomic mass is 10.1. The van der Waals surface area contributed by atoms with Crippen molar-refractivity contribution in [1.82, 2.24) is 5.32 Å². The summed E-state index contributed by atoms with van der Waals surface area (Å²) >= 11 is 0. The SMILES string of the molecule is CC(=O)c1ccc(C(=O)NC[C@H](C)CO)cc1. The lowest BCUT2D eigenvalue weighted by Crippen LogP contribution is -2.29. The van der Waals surface area contributed by atoms with Gasteiger partial charge in [-0.05, 0) is 25.0 Å².